The summed E-state index contributed by atoms with van der Waals surface area (Å²) in [5.41, 5.74) is 0.526. The van der Waals surface area contributed by atoms with Crippen molar-refractivity contribution >= 4 is 33.4 Å². The number of likely N-dealkylation sites (tertiary alicyclic amines) is 1. The van der Waals surface area contributed by atoms with E-state index in [2.05, 4.69) is 19.9 Å². The zero-order valence-corrected chi connectivity index (χ0v) is 17.2. The Hall–Kier alpha value is -2.88. The Morgan fingerprint density at radius 2 is 1.45 bits per heavy atom. The third-order valence-corrected chi connectivity index (χ3v) is 6.05. The highest BCUT2D eigenvalue weighted by Crippen LogP contribution is 2.30. The minimum Gasteiger partial charge on any atom is -0.449 e. The van der Waals surface area contributed by atoms with Gasteiger partial charge < -0.3 is 9.64 Å². The average Bonchev–Trinajstić information content (AvgIpc) is 2.71. The molecule has 0 radical (unpaired) electrons. The van der Waals surface area contributed by atoms with Crippen LogP contribution in [0.4, 0.5) is 0 Å². The molecular weight excluding hydrogens is 362 g/mol. The molecule has 0 unspecified atom stereocenters. The maximum Gasteiger partial charge on any atom is 0.340 e. The van der Waals surface area contributed by atoms with Gasteiger partial charge in [-0.05, 0) is 67.6 Å². The highest BCUT2D eigenvalue weighted by molar-refractivity contribution is 6.16. The van der Waals surface area contributed by atoms with Gasteiger partial charge in [0.1, 0.15) is 0 Å². The van der Waals surface area contributed by atoms with Gasteiger partial charge in [0.15, 0.2) is 6.10 Å². The monoisotopic (exact) mass is 389 g/mol. The summed E-state index contributed by atoms with van der Waals surface area (Å²) in [5, 5.41) is 3.65. The predicted octanol–water partition coefficient (Wildman–Crippen LogP) is 5.33. The Labute approximate surface area is 171 Å². The molecule has 3 aromatic rings. The van der Waals surface area contributed by atoms with Crippen LogP contribution >= 0.6 is 0 Å². The molecule has 0 spiro atoms. The Balaban J connectivity index is 1.67. The average molecular weight is 389 g/mol. The lowest BCUT2D eigenvalue weighted by Gasteiger charge is -2.40. The number of amides is 1. The highest BCUT2D eigenvalue weighted by atomic mass is 16.5. The quantitative estimate of drug-likeness (QED) is 0.449. The van der Waals surface area contributed by atoms with Crippen molar-refractivity contribution in [3.05, 3.63) is 60.2 Å². The standard InChI is InChI=1S/C25H27NO3/c1-16-9-8-10-17(2)26(16)24(27)18(3)29-25(28)23-21-13-6-4-11-19(21)15-20-12-5-7-14-22(20)23/h4-7,11-18H,8-10H2,1-3H3/t16-,17-,18+/m0/s1. The highest BCUT2D eigenvalue weighted by Gasteiger charge is 2.33. The van der Waals surface area contributed by atoms with Crippen LogP contribution in [0, 0.1) is 0 Å². The first-order chi connectivity index (χ1) is 14.0. The van der Waals surface area contributed by atoms with Crippen molar-refractivity contribution in [3.8, 4) is 0 Å². The van der Waals surface area contributed by atoms with Gasteiger partial charge in [-0.1, -0.05) is 48.5 Å². The molecule has 3 atom stereocenters. The molecule has 0 saturated carbocycles. The van der Waals surface area contributed by atoms with Crippen LogP contribution in [-0.4, -0.2) is 35.0 Å². The first-order valence-corrected chi connectivity index (χ1v) is 10.4. The Kier molecular flexibility index (Phi) is 5.27. The first kappa shape index (κ1) is 19.4. The molecule has 1 saturated heterocycles. The summed E-state index contributed by atoms with van der Waals surface area (Å²) in [6.07, 6.45) is 2.29. The van der Waals surface area contributed by atoms with Crippen LogP contribution in [0.25, 0.3) is 21.5 Å². The summed E-state index contributed by atoms with van der Waals surface area (Å²) in [6, 6.07) is 18.0. The van der Waals surface area contributed by atoms with Gasteiger partial charge in [0, 0.05) is 12.1 Å². The number of fused-ring (bicyclic) bond motifs is 2. The normalized spacial score (nSPS) is 20.6. The lowest BCUT2D eigenvalue weighted by Crippen LogP contribution is -2.51. The van der Waals surface area contributed by atoms with Gasteiger partial charge in [-0.2, -0.15) is 0 Å². The van der Waals surface area contributed by atoms with Crippen molar-refractivity contribution in [2.45, 2.75) is 58.2 Å². The number of nitrogens with zero attached hydrogens (tertiary/aromatic N) is 1. The molecule has 1 aliphatic rings. The van der Waals surface area contributed by atoms with Gasteiger partial charge in [0.25, 0.3) is 5.91 Å². The van der Waals surface area contributed by atoms with Crippen LogP contribution in [-0.2, 0) is 9.53 Å². The largest absolute Gasteiger partial charge is 0.449 e. The fourth-order valence-electron chi connectivity index (χ4n) is 4.57. The molecule has 4 nitrogen and oxygen atoms in total. The molecule has 1 aliphatic heterocycles. The summed E-state index contributed by atoms with van der Waals surface area (Å²) in [7, 11) is 0. The Morgan fingerprint density at radius 3 is 2.00 bits per heavy atom. The second-order valence-electron chi connectivity index (χ2n) is 8.12. The maximum absolute atomic E-state index is 13.2. The van der Waals surface area contributed by atoms with E-state index in [1.54, 1.807) is 6.92 Å². The molecule has 29 heavy (non-hydrogen) atoms. The molecule has 4 heteroatoms. The Morgan fingerprint density at radius 1 is 0.931 bits per heavy atom. The van der Waals surface area contributed by atoms with E-state index in [4.69, 9.17) is 4.74 Å². The summed E-state index contributed by atoms with van der Waals surface area (Å²) >= 11 is 0. The lowest BCUT2D eigenvalue weighted by molar-refractivity contribution is -0.146. The second-order valence-corrected chi connectivity index (χ2v) is 8.12. The van der Waals surface area contributed by atoms with Crippen LogP contribution in [0.2, 0.25) is 0 Å². The molecule has 1 heterocycles. The fourth-order valence-corrected chi connectivity index (χ4v) is 4.57. The number of ether oxygens (including phenoxy) is 1. The zero-order chi connectivity index (χ0) is 20.5. The molecule has 1 amide bonds. The number of carbonyl (C=O) groups is 2. The van der Waals surface area contributed by atoms with E-state index in [1.165, 1.54) is 0 Å². The van der Waals surface area contributed by atoms with Crippen molar-refractivity contribution < 1.29 is 14.3 Å². The van der Waals surface area contributed by atoms with E-state index < -0.39 is 12.1 Å². The van der Waals surface area contributed by atoms with E-state index in [0.717, 1.165) is 40.8 Å². The number of benzene rings is 3. The number of esters is 1. The Bertz CT molecular complexity index is 1010. The van der Waals surface area contributed by atoms with Crippen LogP contribution < -0.4 is 0 Å². The summed E-state index contributed by atoms with van der Waals surface area (Å²) in [6.45, 7) is 5.82. The van der Waals surface area contributed by atoms with Gasteiger partial charge in [-0.15, -0.1) is 0 Å². The SMILES string of the molecule is C[C@@H](OC(=O)c1c2ccccc2cc2ccccc12)C(=O)N1[C@@H](C)CCC[C@@H]1C. The number of piperidine rings is 1. The van der Waals surface area contributed by atoms with Gasteiger partial charge >= 0.3 is 5.97 Å². The lowest BCUT2D eigenvalue weighted by atomic mass is 9.96. The van der Waals surface area contributed by atoms with E-state index in [0.29, 0.717) is 5.56 Å². The first-order valence-electron chi connectivity index (χ1n) is 10.4. The van der Waals surface area contributed by atoms with Crippen molar-refractivity contribution in [1.29, 1.82) is 0 Å². The molecule has 4 rings (SSSR count). The molecule has 0 aromatic heterocycles. The molecule has 0 aliphatic carbocycles. The topological polar surface area (TPSA) is 46.6 Å². The van der Waals surface area contributed by atoms with E-state index in [1.807, 2.05) is 53.4 Å². The molecule has 1 fully saturated rings. The third-order valence-electron chi connectivity index (χ3n) is 6.05. The van der Waals surface area contributed by atoms with Crippen molar-refractivity contribution in [2.24, 2.45) is 0 Å². The number of rotatable bonds is 3. The molecule has 150 valence electrons. The molecular formula is C25H27NO3. The van der Waals surface area contributed by atoms with Crippen LogP contribution in [0.1, 0.15) is 50.4 Å². The van der Waals surface area contributed by atoms with Crippen LogP contribution in [0.3, 0.4) is 0 Å². The van der Waals surface area contributed by atoms with Crippen LogP contribution in [0.15, 0.2) is 54.6 Å². The maximum atomic E-state index is 13.2. The minimum absolute atomic E-state index is 0.109. The van der Waals surface area contributed by atoms with Crippen molar-refractivity contribution in [3.63, 3.8) is 0 Å². The van der Waals surface area contributed by atoms with Gasteiger partial charge in [0.05, 0.1) is 5.56 Å². The zero-order valence-electron chi connectivity index (χ0n) is 17.2. The minimum atomic E-state index is -0.816. The van der Waals surface area contributed by atoms with E-state index >= 15 is 0 Å². The summed E-state index contributed by atoms with van der Waals surface area (Å²) in [5.74, 6) is -0.557. The number of hydrogen-bond donors (Lipinski definition) is 0. The molecule has 0 N–H and O–H groups in total. The van der Waals surface area contributed by atoms with Crippen LogP contribution in [0.5, 0.6) is 0 Å². The second kappa shape index (κ2) is 7.86. The van der Waals surface area contributed by atoms with Gasteiger partial charge in [-0.25, -0.2) is 4.79 Å². The molecule has 0 bridgehead atoms. The van der Waals surface area contributed by atoms with E-state index in [9.17, 15) is 9.59 Å². The molecule has 3 aromatic carbocycles. The summed E-state index contributed by atoms with van der Waals surface area (Å²) < 4.78 is 5.73. The van der Waals surface area contributed by atoms with Crippen molar-refractivity contribution in [1.82, 2.24) is 4.90 Å². The fraction of sp³-hybridized carbons (Fsp3) is 0.360. The smallest absolute Gasteiger partial charge is 0.340 e. The predicted molar refractivity (Wildman–Crippen MR) is 116 cm³/mol. The van der Waals surface area contributed by atoms with Gasteiger partial charge in [-0.3, -0.25) is 4.79 Å². The van der Waals surface area contributed by atoms with Crippen molar-refractivity contribution in [2.75, 3.05) is 0 Å². The van der Waals surface area contributed by atoms with E-state index in [-0.39, 0.29) is 18.0 Å². The number of carbonyl (C=O) groups excluding carboxylic acids is 2. The van der Waals surface area contributed by atoms with Gasteiger partial charge in [0.2, 0.25) is 0 Å². The third kappa shape index (κ3) is 3.59. The number of hydrogen-bond acceptors (Lipinski definition) is 3. The summed E-state index contributed by atoms with van der Waals surface area (Å²) in [4.78, 5) is 28.2.